The summed E-state index contributed by atoms with van der Waals surface area (Å²) in [5.41, 5.74) is 0. The minimum Gasteiger partial charge on any atom is -0.316 e. The summed E-state index contributed by atoms with van der Waals surface area (Å²) in [4.78, 5) is 4.54. The third-order valence-corrected chi connectivity index (χ3v) is 5.96. The van der Waals surface area contributed by atoms with Crippen LogP contribution in [0.15, 0.2) is 9.50 Å². The van der Waals surface area contributed by atoms with Crippen molar-refractivity contribution in [3.8, 4) is 0 Å². The predicted molar refractivity (Wildman–Crippen MR) is 86.5 cm³/mol. The van der Waals surface area contributed by atoms with Gasteiger partial charge in [-0.2, -0.15) is 4.37 Å². The monoisotopic (exact) mass is 336 g/mol. The average molecular weight is 336 g/mol. The SMILES string of the molecule is CCc1nsc(Sc2nnc([C@H]3CCCNC3)n2C2CC2)n1. The van der Waals surface area contributed by atoms with Crippen molar-refractivity contribution < 1.29 is 0 Å². The van der Waals surface area contributed by atoms with Gasteiger partial charge in [0.1, 0.15) is 11.6 Å². The van der Waals surface area contributed by atoms with Crippen molar-refractivity contribution in [1.29, 1.82) is 0 Å². The molecule has 6 nitrogen and oxygen atoms in total. The molecule has 0 amide bonds. The molecular formula is C14H20N6S2. The first kappa shape index (κ1) is 14.6. The maximum atomic E-state index is 4.54. The molecule has 4 rings (SSSR count). The van der Waals surface area contributed by atoms with Crippen molar-refractivity contribution in [3.63, 3.8) is 0 Å². The first-order valence-corrected chi connectivity index (χ1v) is 9.60. The number of aromatic nitrogens is 5. The van der Waals surface area contributed by atoms with Crippen molar-refractivity contribution in [2.75, 3.05) is 13.1 Å². The molecule has 2 aromatic heterocycles. The Balaban J connectivity index is 1.60. The summed E-state index contributed by atoms with van der Waals surface area (Å²) in [5, 5.41) is 13.5. The summed E-state index contributed by atoms with van der Waals surface area (Å²) in [7, 11) is 0. The van der Waals surface area contributed by atoms with Gasteiger partial charge >= 0.3 is 0 Å². The molecule has 0 unspecified atom stereocenters. The Bertz CT molecular complexity index is 642. The third kappa shape index (κ3) is 2.91. The minimum atomic E-state index is 0.497. The summed E-state index contributed by atoms with van der Waals surface area (Å²) >= 11 is 3.08. The molecule has 0 radical (unpaired) electrons. The van der Waals surface area contributed by atoms with Crippen LogP contribution in [0, 0.1) is 0 Å². The van der Waals surface area contributed by atoms with Gasteiger partial charge in [0.15, 0.2) is 9.50 Å². The van der Waals surface area contributed by atoms with E-state index in [4.69, 9.17) is 0 Å². The molecule has 2 fully saturated rings. The second-order valence-corrected chi connectivity index (χ2v) is 7.88. The van der Waals surface area contributed by atoms with Gasteiger partial charge in [-0.1, -0.05) is 6.92 Å². The van der Waals surface area contributed by atoms with Crippen LogP contribution in [0.3, 0.4) is 0 Å². The summed E-state index contributed by atoms with van der Waals surface area (Å²) in [6.45, 7) is 4.23. The van der Waals surface area contributed by atoms with Crippen molar-refractivity contribution in [2.45, 2.75) is 60.5 Å². The average Bonchev–Trinajstić information content (AvgIpc) is 3.15. The lowest BCUT2D eigenvalue weighted by Gasteiger charge is -2.22. The van der Waals surface area contributed by atoms with Crippen LogP contribution < -0.4 is 5.32 Å². The maximum absolute atomic E-state index is 4.54. The van der Waals surface area contributed by atoms with E-state index in [1.54, 1.807) is 11.8 Å². The molecule has 3 heterocycles. The van der Waals surface area contributed by atoms with Gasteiger partial charge in [-0.05, 0) is 55.5 Å². The van der Waals surface area contributed by atoms with Crippen LogP contribution in [0.1, 0.15) is 56.2 Å². The summed E-state index contributed by atoms with van der Waals surface area (Å²) in [5.74, 6) is 2.58. The Morgan fingerprint density at radius 3 is 2.91 bits per heavy atom. The number of nitrogens with one attached hydrogen (secondary N) is 1. The summed E-state index contributed by atoms with van der Waals surface area (Å²) in [6, 6.07) is 0.591. The van der Waals surface area contributed by atoms with E-state index in [1.165, 1.54) is 37.2 Å². The highest BCUT2D eigenvalue weighted by atomic mass is 32.2. The molecule has 1 saturated heterocycles. The molecule has 2 aliphatic rings. The Kier molecular flexibility index (Phi) is 4.15. The largest absolute Gasteiger partial charge is 0.316 e. The highest BCUT2D eigenvalue weighted by Crippen LogP contribution is 2.42. The standard InChI is InChI=1S/C14H20N6S2/c1-2-11-16-14(22-19-11)21-13-18-17-12(20(13)10-5-6-10)9-4-3-7-15-8-9/h9-10,15H,2-8H2,1H3/t9-/m0/s1. The number of aryl methyl sites for hydroxylation is 1. The number of rotatable bonds is 5. The van der Waals surface area contributed by atoms with E-state index < -0.39 is 0 Å². The molecule has 0 aromatic carbocycles. The molecule has 2 aromatic rings. The normalized spacial score (nSPS) is 22.1. The Labute approximate surface area is 138 Å². The quantitative estimate of drug-likeness (QED) is 0.905. The van der Waals surface area contributed by atoms with Crippen LogP contribution >= 0.6 is 23.3 Å². The fourth-order valence-corrected chi connectivity index (χ4v) is 4.60. The fourth-order valence-electron chi connectivity index (χ4n) is 2.89. The molecule has 1 aliphatic carbocycles. The van der Waals surface area contributed by atoms with E-state index in [2.05, 4.69) is 36.4 Å². The second-order valence-electron chi connectivity index (χ2n) is 5.92. The van der Waals surface area contributed by atoms with E-state index in [0.717, 1.165) is 40.7 Å². The molecule has 1 atom stereocenters. The van der Waals surface area contributed by atoms with Gasteiger partial charge in [-0.3, -0.25) is 0 Å². The number of hydrogen-bond donors (Lipinski definition) is 1. The molecule has 0 bridgehead atoms. The predicted octanol–water partition coefficient (Wildman–Crippen LogP) is 2.65. The van der Waals surface area contributed by atoms with Crippen molar-refractivity contribution in [1.82, 2.24) is 29.4 Å². The third-order valence-electron chi connectivity index (χ3n) is 4.21. The van der Waals surface area contributed by atoms with Gasteiger partial charge in [0, 0.05) is 24.9 Å². The van der Waals surface area contributed by atoms with Crippen LogP contribution in [-0.2, 0) is 6.42 Å². The first-order valence-electron chi connectivity index (χ1n) is 8.01. The summed E-state index contributed by atoms with van der Waals surface area (Å²) < 4.78 is 7.70. The molecule has 22 heavy (non-hydrogen) atoms. The van der Waals surface area contributed by atoms with Crippen molar-refractivity contribution in [3.05, 3.63) is 11.6 Å². The number of piperidine rings is 1. The van der Waals surface area contributed by atoms with Crippen molar-refractivity contribution >= 4 is 23.3 Å². The zero-order valence-corrected chi connectivity index (χ0v) is 14.3. The Morgan fingerprint density at radius 1 is 1.32 bits per heavy atom. The van der Waals surface area contributed by atoms with Crippen molar-refractivity contribution in [2.24, 2.45) is 0 Å². The molecule has 1 saturated carbocycles. The van der Waals surface area contributed by atoms with Gasteiger partial charge in [-0.25, -0.2) is 4.98 Å². The maximum Gasteiger partial charge on any atom is 0.198 e. The molecule has 1 N–H and O–H groups in total. The van der Waals surface area contributed by atoms with E-state index in [-0.39, 0.29) is 0 Å². The highest BCUT2D eigenvalue weighted by molar-refractivity contribution is 8.00. The molecule has 0 spiro atoms. The van der Waals surface area contributed by atoms with E-state index >= 15 is 0 Å². The lowest BCUT2D eigenvalue weighted by molar-refractivity contribution is 0.428. The Morgan fingerprint density at radius 2 is 2.23 bits per heavy atom. The first-order chi connectivity index (χ1) is 10.8. The van der Waals surface area contributed by atoms with E-state index in [9.17, 15) is 0 Å². The lowest BCUT2D eigenvalue weighted by atomic mass is 9.99. The Hall–Kier alpha value is -0.990. The zero-order chi connectivity index (χ0) is 14.9. The smallest absolute Gasteiger partial charge is 0.198 e. The van der Waals surface area contributed by atoms with Crippen LogP contribution in [0.5, 0.6) is 0 Å². The van der Waals surface area contributed by atoms with Gasteiger partial charge in [0.25, 0.3) is 0 Å². The van der Waals surface area contributed by atoms with Crippen LogP contribution in [0.2, 0.25) is 0 Å². The van der Waals surface area contributed by atoms with E-state index in [1.807, 2.05) is 0 Å². The zero-order valence-electron chi connectivity index (χ0n) is 12.7. The van der Waals surface area contributed by atoms with Gasteiger partial charge in [0.05, 0.1) is 0 Å². The minimum absolute atomic E-state index is 0.497. The van der Waals surface area contributed by atoms with Crippen LogP contribution in [0.4, 0.5) is 0 Å². The number of nitrogens with zero attached hydrogens (tertiary/aromatic N) is 5. The van der Waals surface area contributed by atoms with Gasteiger partial charge < -0.3 is 9.88 Å². The lowest BCUT2D eigenvalue weighted by Crippen LogP contribution is -2.30. The second kappa shape index (κ2) is 6.25. The molecule has 1 aliphatic heterocycles. The molecule has 118 valence electrons. The van der Waals surface area contributed by atoms with Gasteiger partial charge in [-0.15, -0.1) is 10.2 Å². The molecule has 8 heteroatoms. The van der Waals surface area contributed by atoms with Crippen LogP contribution in [0.25, 0.3) is 0 Å². The highest BCUT2D eigenvalue weighted by Gasteiger charge is 2.33. The summed E-state index contributed by atoms with van der Waals surface area (Å²) in [6.07, 6.45) is 5.80. The van der Waals surface area contributed by atoms with Crippen LogP contribution in [-0.4, -0.2) is 37.2 Å². The fraction of sp³-hybridized carbons (Fsp3) is 0.714. The number of hydrogen-bond acceptors (Lipinski definition) is 7. The van der Waals surface area contributed by atoms with Gasteiger partial charge in [0.2, 0.25) is 0 Å². The van der Waals surface area contributed by atoms with E-state index in [0.29, 0.717) is 12.0 Å². The molecular weight excluding hydrogens is 316 g/mol. The topological polar surface area (TPSA) is 68.5 Å².